The first kappa shape index (κ1) is 15.9. The largest absolute Gasteiger partial charge is 0.465 e. The molecule has 1 aliphatic carbocycles. The first-order chi connectivity index (χ1) is 10.6. The lowest BCUT2D eigenvalue weighted by molar-refractivity contribution is 0.0600. The molecule has 1 aromatic carbocycles. The molecule has 0 amide bonds. The van der Waals surface area contributed by atoms with E-state index in [1.54, 1.807) is 17.4 Å². The molecule has 6 heteroatoms. The Morgan fingerprint density at radius 2 is 2.14 bits per heavy atom. The van der Waals surface area contributed by atoms with E-state index in [-0.39, 0.29) is 5.97 Å². The maximum Gasteiger partial charge on any atom is 0.339 e. The van der Waals surface area contributed by atoms with Crippen LogP contribution in [0.2, 0.25) is 0 Å². The van der Waals surface area contributed by atoms with Gasteiger partial charge in [-0.25, -0.2) is 9.78 Å². The highest BCUT2D eigenvalue weighted by Gasteiger charge is 2.25. The lowest BCUT2D eigenvalue weighted by Crippen LogP contribution is -2.15. The Balaban J connectivity index is 1.88. The van der Waals surface area contributed by atoms with Crippen molar-refractivity contribution in [2.24, 2.45) is 5.92 Å². The van der Waals surface area contributed by atoms with Crippen molar-refractivity contribution >= 4 is 43.5 Å². The number of aromatic nitrogens is 1. The Kier molecular flexibility index (Phi) is 4.80. The number of fused-ring (bicyclic) bond motifs is 1. The lowest BCUT2D eigenvalue weighted by Gasteiger charge is -2.25. The number of halogens is 1. The molecule has 1 fully saturated rings. The molecular weight excluding hydrogens is 366 g/mol. The second-order valence-electron chi connectivity index (χ2n) is 5.74. The number of carbonyl (C=O) groups excluding carboxylic acids is 1. The van der Waals surface area contributed by atoms with Crippen molar-refractivity contribution in [1.82, 2.24) is 4.98 Å². The number of carbonyl (C=O) groups is 1. The minimum Gasteiger partial charge on any atom is -0.465 e. The molecule has 3 rings (SSSR count). The van der Waals surface area contributed by atoms with Gasteiger partial charge in [0.25, 0.3) is 0 Å². The summed E-state index contributed by atoms with van der Waals surface area (Å²) >= 11 is 5.13. The van der Waals surface area contributed by atoms with E-state index in [1.807, 2.05) is 6.07 Å². The molecule has 118 valence electrons. The number of methoxy groups -OCH3 is 1. The molecule has 0 unspecified atom stereocenters. The number of aliphatic hydroxyl groups is 1. The summed E-state index contributed by atoms with van der Waals surface area (Å²) in [6.45, 7) is 0.294. The van der Waals surface area contributed by atoms with Crippen LogP contribution in [0.1, 0.15) is 47.0 Å². The summed E-state index contributed by atoms with van der Waals surface area (Å²) in [7, 11) is 1.38. The van der Waals surface area contributed by atoms with Gasteiger partial charge in [-0.2, -0.15) is 0 Å². The normalized spacial score (nSPS) is 22.0. The van der Waals surface area contributed by atoms with Crippen LogP contribution in [0.3, 0.4) is 0 Å². The first-order valence-electron chi connectivity index (χ1n) is 7.41. The number of thiazole rings is 1. The summed E-state index contributed by atoms with van der Waals surface area (Å²) in [5.74, 6) is 0.568. The molecule has 0 saturated heterocycles. The predicted octanol–water partition coefficient (Wildman–Crippen LogP) is 4.11. The molecule has 1 heterocycles. The van der Waals surface area contributed by atoms with Crippen molar-refractivity contribution in [3.63, 3.8) is 0 Å². The lowest BCUT2D eigenvalue weighted by atomic mass is 9.83. The van der Waals surface area contributed by atoms with Gasteiger partial charge in [0.1, 0.15) is 0 Å². The molecule has 1 aliphatic rings. The van der Waals surface area contributed by atoms with Crippen LogP contribution in [0, 0.1) is 5.92 Å². The Morgan fingerprint density at radius 3 is 2.77 bits per heavy atom. The van der Waals surface area contributed by atoms with Crippen molar-refractivity contribution in [3.8, 4) is 0 Å². The van der Waals surface area contributed by atoms with Crippen molar-refractivity contribution in [3.05, 3.63) is 27.2 Å². The summed E-state index contributed by atoms with van der Waals surface area (Å²) in [6.07, 6.45) is 4.29. The second-order valence-corrected chi connectivity index (χ2v) is 7.66. The Labute approximate surface area is 141 Å². The summed E-state index contributed by atoms with van der Waals surface area (Å²) in [6, 6.07) is 3.74. The fourth-order valence-corrected chi connectivity index (χ4v) is 4.81. The van der Waals surface area contributed by atoms with Gasteiger partial charge in [-0.15, -0.1) is 11.3 Å². The molecule has 1 saturated carbocycles. The maximum atomic E-state index is 11.8. The number of nitrogens with zero attached hydrogens (tertiary/aromatic N) is 1. The standard InChI is InChI=1S/C16H18BrNO3S/c1-21-16(20)11-6-13-14(7-12(11)17)22-15(18-13)10-4-2-9(8-19)3-5-10/h6-7,9-10,19H,2-5,8H2,1H3. The molecule has 2 aromatic rings. The topological polar surface area (TPSA) is 59.4 Å². The molecule has 4 nitrogen and oxygen atoms in total. The average molecular weight is 384 g/mol. The van der Waals surface area contributed by atoms with Gasteiger partial charge in [-0.1, -0.05) is 0 Å². The first-order valence-corrected chi connectivity index (χ1v) is 9.02. The Morgan fingerprint density at radius 1 is 1.41 bits per heavy atom. The van der Waals surface area contributed by atoms with Crippen LogP contribution in [0.15, 0.2) is 16.6 Å². The molecule has 0 spiro atoms. The van der Waals surface area contributed by atoms with Crippen LogP contribution in [-0.2, 0) is 4.74 Å². The van der Waals surface area contributed by atoms with Gasteiger partial charge in [0, 0.05) is 17.0 Å². The highest BCUT2D eigenvalue weighted by Crippen LogP contribution is 2.39. The zero-order chi connectivity index (χ0) is 15.7. The monoisotopic (exact) mass is 383 g/mol. The van der Waals surface area contributed by atoms with E-state index in [0.29, 0.717) is 24.0 Å². The van der Waals surface area contributed by atoms with Gasteiger partial charge in [-0.3, -0.25) is 0 Å². The minimum absolute atomic E-state index is 0.294. The number of rotatable bonds is 3. The van der Waals surface area contributed by atoms with E-state index in [4.69, 9.17) is 9.72 Å². The maximum absolute atomic E-state index is 11.8. The molecule has 1 aromatic heterocycles. The molecule has 0 atom stereocenters. The smallest absolute Gasteiger partial charge is 0.339 e. The number of aliphatic hydroxyl groups excluding tert-OH is 1. The van der Waals surface area contributed by atoms with Gasteiger partial charge in [0.15, 0.2) is 0 Å². The third-order valence-corrected chi connectivity index (χ3v) is 6.19. The molecular formula is C16H18BrNO3S. The van der Waals surface area contributed by atoms with Crippen molar-refractivity contribution in [2.45, 2.75) is 31.6 Å². The average Bonchev–Trinajstić information content (AvgIpc) is 2.96. The Bertz CT molecular complexity index is 692. The van der Waals surface area contributed by atoms with Crippen LogP contribution in [0.5, 0.6) is 0 Å². The van der Waals surface area contributed by atoms with Crippen LogP contribution >= 0.6 is 27.3 Å². The minimum atomic E-state index is -0.355. The van der Waals surface area contributed by atoms with E-state index in [0.717, 1.165) is 45.4 Å². The van der Waals surface area contributed by atoms with Gasteiger partial charge in [-0.05, 0) is 59.7 Å². The van der Waals surface area contributed by atoms with Crippen molar-refractivity contribution < 1.29 is 14.6 Å². The molecule has 0 aliphatic heterocycles. The number of hydrogen-bond acceptors (Lipinski definition) is 5. The molecule has 22 heavy (non-hydrogen) atoms. The van der Waals surface area contributed by atoms with Gasteiger partial charge >= 0.3 is 5.97 Å². The van der Waals surface area contributed by atoms with Crippen molar-refractivity contribution in [2.75, 3.05) is 13.7 Å². The summed E-state index contributed by atoms with van der Waals surface area (Å²) in [5.41, 5.74) is 1.36. The van der Waals surface area contributed by atoms with Gasteiger partial charge in [0.05, 0.1) is 27.9 Å². The number of ether oxygens (including phenoxy) is 1. The summed E-state index contributed by atoms with van der Waals surface area (Å²) < 4.78 is 6.62. The highest BCUT2D eigenvalue weighted by molar-refractivity contribution is 9.10. The van der Waals surface area contributed by atoms with Crippen LogP contribution in [0.25, 0.3) is 10.2 Å². The zero-order valence-corrected chi connectivity index (χ0v) is 14.7. The number of benzene rings is 1. The molecule has 0 radical (unpaired) electrons. The van der Waals surface area contributed by atoms with E-state index < -0.39 is 0 Å². The Hall–Kier alpha value is -0.980. The van der Waals surface area contributed by atoms with Gasteiger partial charge in [0.2, 0.25) is 0 Å². The quantitative estimate of drug-likeness (QED) is 0.810. The van der Waals surface area contributed by atoms with Crippen LogP contribution < -0.4 is 0 Å². The summed E-state index contributed by atoms with van der Waals surface area (Å²) in [5, 5.41) is 10.4. The third-order valence-electron chi connectivity index (χ3n) is 4.35. The van der Waals surface area contributed by atoms with Crippen LogP contribution in [0.4, 0.5) is 0 Å². The van der Waals surface area contributed by atoms with Gasteiger partial charge < -0.3 is 9.84 Å². The predicted molar refractivity (Wildman–Crippen MR) is 90.4 cm³/mol. The fourth-order valence-electron chi connectivity index (χ4n) is 3.00. The number of hydrogen-bond donors (Lipinski definition) is 1. The second kappa shape index (κ2) is 6.64. The van der Waals surface area contributed by atoms with E-state index in [9.17, 15) is 9.90 Å². The van der Waals surface area contributed by atoms with E-state index in [2.05, 4.69) is 15.9 Å². The molecule has 0 bridgehead atoms. The number of esters is 1. The van der Waals surface area contributed by atoms with E-state index >= 15 is 0 Å². The van der Waals surface area contributed by atoms with Crippen LogP contribution in [-0.4, -0.2) is 29.8 Å². The van der Waals surface area contributed by atoms with E-state index in [1.165, 1.54) is 7.11 Å². The highest BCUT2D eigenvalue weighted by atomic mass is 79.9. The zero-order valence-electron chi connectivity index (χ0n) is 12.3. The third kappa shape index (κ3) is 3.05. The van der Waals surface area contributed by atoms with Crippen molar-refractivity contribution in [1.29, 1.82) is 0 Å². The fraction of sp³-hybridized carbons (Fsp3) is 0.500. The molecule has 1 N–H and O–H groups in total. The SMILES string of the molecule is COC(=O)c1cc2nc(C3CCC(CO)CC3)sc2cc1Br. The summed E-state index contributed by atoms with van der Waals surface area (Å²) in [4.78, 5) is 16.5.